The molecule has 1 aliphatic heterocycles. The highest BCUT2D eigenvalue weighted by atomic mass is 16.3. The summed E-state index contributed by atoms with van der Waals surface area (Å²) in [5.41, 5.74) is 0.440. The molecule has 2 rings (SSSR count). The van der Waals surface area contributed by atoms with E-state index in [1.165, 1.54) is 0 Å². The van der Waals surface area contributed by atoms with Gasteiger partial charge in [-0.3, -0.25) is 0 Å². The van der Waals surface area contributed by atoms with Crippen molar-refractivity contribution in [1.29, 1.82) is 5.26 Å². The predicted molar refractivity (Wildman–Crippen MR) is 73.7 cm³/mol. The third kappa shape index (κ3) is 4.51. The first kappa shape index (κ1) is 13.8. The Labute approximate surface area is 113 Å². The van der Waals surface area contributed by atoms with Crippen molar-refractivity contribution >= 4 is 5.82 Å². The Morgan fingerprint density at radius 2 is 2.21 bits per heavy atom. The summed E-state index contributed by atoms with van der Waals surface area (Å²) in [6.45, 7) is 3.87. The third-order valence-electron chi connectivity index (χ3n) is 3.38. The number of anilines is 1. The molecule has 1 aromatic heterocycles. The van der Waals surface area contributed by atoms with E-state index in [0.29, 0.717) is 5.69 Å². The van der Waals surface area contributed by atoms with Crippen molar-refractivity contribution in [1.82, 2.24) is 9.88 Å². The van der Waals surface area contributed by atoms with E-state index >= 15 is 0 Å². The molecule has 0 atom stereocenters. The highest BCUT2D eigenvalue weighted by Gasteiger charge is 2.15. The van der Waals surface area contributed by atoms with Gasteiger partial charge in [0.2, 0.25) is 0 Å². The molecule has 5 heteroatoms. The van der Waals surface area contributed by atoms with Gasteiger partial charge >= 0.3 is 0 Å². The zero-order valence-corrected chi connectivity index (χ0v) is 11.0. The number of hydrogen-bond acceptors (Lipinski definition) is 5. The fourth-order valence-corrected chi connectivity index (χ4v) is 2.26. The zero-order valence-electron chi connectivity index (χ0n) is 11.0. The van der Waals surface area contributed by atoms with Crippen LogP contribution in [0.3, 0.4) is 0 Å². The minimum absolute atomic E-state index is 0.104. The van der Waals surface area contributed by atoms with E-state index in [0.717, 1.165) is 51.3 Å². The quantitative estimate of drug-likeness (QED) is 0.779. The number of hydrogen-bond donors (Lipinski definition) is 2. The summed E-state index contributed by atoms with van der Waals surface area (Å²) in [6, 6.07) is 7.44. The van der Waals surface area contributed by atoms with Crippen LogP contribution in [0.15, 0.2) is 18.2 Å². The maximum atomic E-state index is 9.42. The van der Waals surface area contributed by atoms with E-state index in [9.17, 15) is 5.11 Å². The first-order chi connectivity index (χ1) is 9.28. The molecule has 19 heavy (non-hydrogen) atoms. The van der Waals surface area contributed by atoms with Gasteiger partial charge in [0.05, 0.1) is 6.10 Å². The molecular weight excluding hydrogens is 240 g/mol. The van der Waals surface area contributed by atoms with E-state index in [-0.39, 0.29) is 6.10 Å². The molecule has 0 radical (unpaired) electrons. The zero-order chi connectivity index (χ0) is 13.5. The number of pyridine rings is 1. The number of aliphatic hydroxyl groups excluding tert-OH is 1. The molecule has 0 bridgehead atoms. The average Bonchev–Trinajstić information content (AvgIpc) is 2.46. The molecule has 2 N–H and O–H groups in total. The van der Waals surface area contributed by atoms with Crippen molar-refractivity contribution in [2.75, 3.05) is 31.5 Å². The number of likely N-dealkylation sites (tertiary alicyclic amines) is 1. The highest BCUT2D eigenvalue weighted by Crippen LogP contribution is 2.10. The number of piperidine rings is 1. The van der Waals surface area contributed by atoms with E-state index < -0.39 is 0 Å². The Bertz CT molecular complexity index is 435. The lowest BCUT2D eigenvalue weighted by molar-refractivity contribution is 0.0825. The van der Waals surface area contributed by atoms with Crippen LogP contribution in [0.1, 0.15) is 25.0 Å². The maximum absolute atomic E-state index is 9.42. The van der Waals surface area contributed by atoms with Crippen molar-refractivity contribution in [2.24, 2.45) is 0 Å². The van der Waals surface area contributed by atoms with Crippen molar-refractivity contribution in [2.45, 2.75) is 25.4 Å². The molecule has 0 amide bonds. The molecule has 0 spiro atoms. The van der Waals surface area contributed by atoms with Gasteiger partial charge in [-0.2, -0.15) is 5.26 Å². The van der Waals surface area contributed by atoms with Crippen LogP contribution in [-0.4, -0.2) is 47.3 Å². The molecule has 0 unspecified atom stereocenters. The van der Waals surface area contributed by atoms with Crippen LogP contribution in [0, 0.1) is 11.3 Å². The Hall–Kier alpha value is -1.64. The molecule has 1 aromatic rings. The summed E-state index contributed by atoms with van der Waals surface area (Å²) < 4.78 is 0. The minimum Gasteiger partial charge on any atom is -0.393 e. The Kier molecular flexibility index (Phi) is 5.13. The van der Waals surface area contributed by atoms with Gasteiger partial charge in [0.15, 0.2) is 0 Å². The van der Waals surface area contributed by atoms with E-state index in [1.54, 1.807) is 6.07 Å². The monoisotopic (exact) mass is 260 g/mol. The summed E-state index contributed by atoms with van der Waals surface area (Å²) in [5.74, 6) is 0.758. The SMILES string of the molecule is N#Cc1cccc(NCCCN2CCC(O)CC2)n1. The van der Waals surface area contributed by atoms with Crippen LogP contribution in [0.25, 0.3) is 0 Å². The fraction of sp³-hybridized carbons (Fsp3) is 0.571. The number of nitriles is 1. The maximum Gasteiger partial charge on any atom is 0.142 e. The Balaban J connectivity index is 1.65. The van der Waals surface area contributed by atoms with E-state index in [1.807, 2.05) is 18.2 Å². The molecule has 0 saturated carbocycles. The van der Waals surface area contributed by atoms with Gasteiger partial charge in [0.1, 0.15) is 17.6 Å². The van der Waals surface area contributed by atoms with Crippen LogP contribution < -0.4 is 5.32 Å². The lowest BCUT2D eigenvalue weighted by Gasteiger charge is -2.29. The third-order valence-corrected chi connectivity index (χ3v) is 3.38. The summed E-state index contributed by atoms with van der Waals surface area (Å²) >= 11 is 0. The first-order valence-electron chi connectivity index (χ1n) is 6.79. The molecule has 1 saturated heterocycles. The summed E-state index contributed by atoms with van der Waals surface area (Å²) in [7, 11) is 0. The average molecular weight is 260 g/mol. The van der Waals surface area contributed by atoms with Gasteiger partial charge in [0, 0.05) is 19.6 Å². The molecule has 0 aliphatic carbocycles. The Morgan fingerprint density at radius 3 is 2.95 bits per heavy atom. The number of aromatic nitrogens is 1. The number of nitrogens with zero attached hydrogens (tertiary/aromatic N) is 3. The normalized spacial score (nSPS) is 17.1. The second-order valence-corrected chi connectivity index (χ2v) is 4.87. The topological polar surface area (TPSA) is 72.2 Å². The molecule has 1 aliphatic rings. The van der Waals surface area contributed by atoms with Gasteiger partial charge in [0.25, 0.3) is 0 Å². The minimum atomic E-state index is -0.104. The Morgan fingerprint density at radius 1 is 1.42 bits per heavy atom. The fourth-order valence-electron chi connectivity index (χ4n) is 2.26. The van der Waals surface area contributed by atoms with Crippen molar-refractivity contribution in [3.8, 4) is 6.07 Å². The predicted octanol–water partition coefficient (Wildman–Crippen LogP) is 1.21. The van der Waals surface area contributed by atoms with Gasteiger partial charge in [-0.15, -0.1) is 0 Å². The first-order valence-corrected chi connectivity index (χ1v) is 6.79. The van der Waals surface area contributed by atoms with Crippen molar-refractivity contribution in [3.63, 3.8) is 0 Å². The van der Waals surface area contributed by atoms with Crippen LogP contribution in [0.5, 0.6) is 0 Å². The largest absolute Gasteiger partial charge is 0.393 e. The lowest BCUT2D eigenvalue weighted by atomic mass is 10.1. The van der Waals surface area contributed by atoms with Crippen molar-refractivity contribution in [3.05, 3.63) is 23.9 Å². The van der Waals surface area contributed by atoms with Crippen LogP contribution in [0.2, 0.25) is 0 Å². The summed E-state index contributed by atoms with van der Waals surface area (Å²) in [6.07, 6.45) is 2.71. The van der Waals surface area contributed by atoms with Crippen LogP contribution in [0.4, 0.5) is 5.82 Å². The van der Waals surface area contributed by atoms with E-state index in [2.05, 4.69) is 15.2 Å². The van der Waals surface area contributed by atoms with E-state index in [4.69, 9.17) is 5.26 Å². The molecule has 5 nitrogen and oxygen atoms in total. The molecule has 0 aromatic carbocycles. The number of aliphatic hydroxyl groups is 1. The molecular formula is C14H20N4O. The van der Waals surface area contributed by atoms with Gasteiger partial charge in [-0.05, 0) is 37.9 Å². The standard InChI is InChI=1S/C14H20N4O/c15-11-12-3-1-4-14(17-12)16-7-2-8-18-9-5-13(19)6-10-18/h1,3-4,13,19H,2,5-10H2,(H,16,17). The van der Waals surface area contributed by atoms with Crippen molar-refractivity contribution < 1.29 is 5.11 Å². The molecule has 1 fully saturated rings. The second-order valence-electron chi connectivity index (χ2n) is 4.87. The second kappa shape index (κ2) is 7.07. The highest BCUT2D eigenvalue weighted by molar-refractivity contribution is 5.38. The number of rotatable bonds is 5. The van der Waals surface area contributed by atoms with Crippen LogP contribution in [-0.2, 0) is 0 Å². The molecule has 2 heterocycles. The lowest BCUT2D eigenvalue weighted by Crippen LogP contribution is -2.36. The van der Waals surface area contributed by atoms with Gasteiger partial charge in [-0.25, -0.2) is 4.98 Å². The van der Waals surface area contributed by atoms with Gasteiger partial charge in [-0.1, -0.05) is 6.07 Å². The van der Waals surface area contributed by atoms with Crippen LogP contribution >= 0.6 is 0 Å². The van der Waals surface area contributed by atoms with Gasteiger partial charge < -0.3 is 15.3 Å². The number of nitrogens with one attached hydrogen (secondary N) is 1. The summed E-state index contributed by atoms with van der Waals surface area (Å²) in [4.78, 5) is 6.55. The molecule has 102 valence electrons. The smallest absolute Gasteiger partial charge is 0.142 e. The summed E-state index contributed by atoms with van der Waals surface area (Å²) in [5, 5.41) is 21.4.